The van der Waals surface area contributed by atoms with E-state index in [1.54, 1.807) is 6.92 Å². The third-order valence-electron chi connectivity index (χ3n) is 2.93. The molecule has 1 rings (SSSR count). The molecule has 116 valence electrons. The van der Waals surface area contributed by atoms with Gasteiger partial charge in [-0.15, -0.1) is 0 Å². The molecule has 0 aromatic heterocycles. The van der Waals surface area contributed by atoms with E-state index in [1.807, 2.05) is 0 Å². The van der Waals surface area contributed by atoms with Crippen molar-refractivity contribution in [2.24, 2.45) is 0 Å². The molecule has 0 aliphatic carbocycles. The number of benzene rings is 1. The minimum absolute atomic E-state index is 0.0144. The molecule has 0 saturated carbocycles. The van der Waals surface area contributed by atoms with Crippen molar-refractivity contribution >= 4 is 10.0 Å². The van der Waals surface area contributed by atoms with Crippen LogP contribution >= 0.6 is 0 Å². The summed E-state index contributed by atoms with van der Waals surface area (Å²) in [4.78, 5) is -0.102. The van der Waals surface area contributed by atoms with Gasteiger partial charge in [0, 0.05) is 25.8 Å². The Hall–Kier alpha value is -1.46. The number of aliphatic hydroxyl groups excluding tert-OH is 1. The maximum Gasteiger partial charge on any atom is 0.244 e. The van der Waals surface area contributed by atoms with Gasteiger partial charge in [0.05, 0.1) is 11.5 Å². The van der Waals surface area contributed by atoms with Crippen LogP contribution in [0.25, 0.3) is 0 Å². The second-order valence-electron chi connectivity index (χ2n) is 4.43. The summed E-state index contributed by atoms with van der Waals surface area (Å²) in [6.45, 7) is 1.49. The van der Waals surface area contributed by atoms with Gasteiger partial charge >= 0.3 is 0 Å². The molecular formula is C14H18FNO4S. The topological polar surface area (TPSA) is 66.8 Å². The van der Waals surface area contributed by atoms with E-state index in [0.29, 0.717) is 0 Å². The number of methoxy groups -OCH3 is 1. The number of likely N-dealkylation sites (N-methyl/N-ethyl adjacent to an activating group) is 1. The highest BCUT2D eigenvalue weighted by Gasteiger charge is 2.27. The molecule has 1 atom stereocenters. The summed E-state index contributed by atoms with van der Waals surface area (Å²) in [5.74, 6) is 4.19. The molecule has 1 N–H and O–H groups in total. The summed E-state index contributed by atoms with van der Waals surface area (Å²) in [6.07, 6.45) is 0. The van der Waals surface area contributed by atoms with Gasteiger partial charge in [-0.25, -0.2) is 12.8 Å². The number of hydrogen-bond acceptors (Lipinski definition) is 4. The van der Waals surface area contributed by atoms with Gasteiger partial charge in [-0.05, 0) is 25.1 Å². The van der Waals surface area contributed by atoms with Gasteiger partial charge < -0.3 is 9.84 Å². The van der Waals surface area contributed by atoms with E-state index in [4.69, 9.17) is 9.84 Å². The van der Waals surface area contributed by atoms with Crippen LogP contribution in [0.2, 0.25) is 0 Å². The zero-order valence-corrected chi connectivity index (χ0v) is 12.9. The lowest BCUT2D eigenvalue weighted by molar-refractivity contribution is 0.149. The molecule has 0 saturated heterocycles. The summed E-state index contributed by atoms with van der Waals surface area (Å²) in [5.41, 5.74) is 0.0144. The SMILES string of the molecule is COCC(C)N(C)S(=O)(=O)c1ccc(F)cc1C#CCO. The highest BCUT2D eigenvalue weighted by atomic mass is 32.2. The Balaban J connectivity index is 3.31. The van der Waals surface area contributed by atoms with Gasteiger partial charge in [-0.1, -0.05) is 11.8 Å². The molecular weight excluding hydrogens is 297 g/mol. The van der Waals surface area contributed by atoms with E-state index >= 15 is 0 Å². The highest BCUT2D eigenvalue weighted by Crippen LogP contribution is 2.21. The lowest BCUT2D eigenvalue weighted by Crippen LogP contribution is -2.38. The van der Waals surface area contributed by atoms with Gasteiger partial charge in [0.25, 0.3) is 0 Å². The van der Waals surface area contributed by atoms with Crippen molar-refractivity contribution in [3.8, 4) is 11.8 Å². The molecule has 1 unspecified atom stereocenters. The molecule has 0 bridgehead atoms. The average molecular weight is 315 g/mol. The summed E-state index contributed by atoms with van der Waals surface area (Å²) in [5, 5.41) is 8.71. The van der Waals surface area contributed by atoms with Crippen LogP contribution in [0, 0.1) is 17.7 Å². The van der Waals surface area contributed by atoms with Crippen LogP contribution in [0.15, 0.2) is 23.1 Å². The summed E-state index contributed by atoms with van der Waals surface area (Å²) in [7, 11) is -0.934. The Morgan fingerprint density at radius 2 is 2.14 bits per heavy atom. The third kappa shape index (κ3) is 4.25. The molecule has 21 heavy (non-hydrogen) atoms. The van der Waals surface area contributed by atoms with Crippen molar-refractivity contribution in [1.29, 1.82) is 0 Å². The van der Waals surface area contributed by atoms with Crippen molar-refractivity contribution in [2.75, 3.05) is 27.4 Å². The monoisotopic (exact) mass is 315 g/mol. The van der Waals surface area contributed by atoms with E-state index in [0.717, 1.165) is 16.4 Å². The Bertz CT molecular complexity index is 649. The van der Waals surface area contributed by atoms with Crippen LogP contribution < -0.4 is 0 Å². The number of sulfonamides is 1. The fourth-order valence-corrected chi connectivity index (χ4v) is 3.17. The maximum absolute atomic E-state index is 13.3. The fraction of sp³-hybridized carbons (Fsp3) is 0.429. The van der Waals surface area contributed by atoms with Gasteiger partial charge in [0.15, 0.2) is 0 Å². The Labute approximate surface area is 124 Å². The first-order chi connectivity index (χ1) is 9.84. The largest absolute Gasteiger partial charge is 0.384 e. The van der Waals surface area contributed by atoms with E-state index in [9.17, 15) is 12.8 Å². The van der Waals surface area contributed by atoms with Crippen LogP contribution in [-0.4, -0.2) is 51.2 Å². The van der Waals surface area contributed by atoms with Gasteiger partial charge in [0.1, 0.15) is 12.4 Å². The summed E-state index contributed by atoms with van der Waals surface area (Å²) in [6, 6.07) is 2.88. The molecule has 0 amide bonds. The molecule has 0 spiro atoms. The molecule has 0 aliphatic heterocycles. The Morgan fingerprint density at radius 3 is 2.71 bits per heavy atom. The van der Waals surface area contributed by atoms with Crippen LogP contribution in [0.3, 0.4) is 0 Å². The quantitative estimate of drug-likeness (QED) is 0.817. The molecule has 1 aromatic carbocycles. The molecule has 0 aliphatic rings. The molecule has 0 heterocycles. The number of aliphatic hydroxyl groups is 1. The standard InChI is InChI=1S/C14H18FNO4S/c1-11(10-20-3)16(2)21(18,19)14-7-6-13(15)9-12(14)5-4-8-17/h6-7,9,11,17H,8,10H2,1-3H3. The Kier molecular flexibility index (Phi) is 6.30. The molecule has 0 radical (unpaired) electrons. The van der Waals surface area contributed by atoms with Crippen molar-refractivity contribution < 1.29 is 22.7 Å². The van der Waals surface area contributed by atoms with Crippen LogP contribution in [0.5, 0.6) is 0 Å². The minimum Gasteiger partial charge on any atom is -0.384 e. The van der Waals surface area contributed by atoms with Crippen LogP contribution in [0.1, 0.15) is 12.5 Å². The lowest BCUT2D eigenvalue weighted by Gasteiger charge is -2.24. The zero-order chi connectivity index (χ0) is 16.0. The zero-order valence-electron chi connectivity index (χ0n) is 12.1. The van der Waals surface area contributed by atoms with Crippen molar-refractivity contribution in [3.63, 3.8) is 0 Å². The number of rotatable bonds is 5. The van der Waals surface area contributed by atoms with Crippen molar-refractivity contribution in [1.82, 2.24) is 4.31 Å². The molecule has 1 aromatic rings. The Morgan fingerprint density at radius 1 is 1.48 bits per heavy atom. The number of ether oxygens (including phenoxy) is 1. The second kappa shape index (κ2) is 7.52. The first-order valence-corrected chi connectivity index (χ1v) is 7.64. The van der Waals surface area contributed by atoms with Crippen LogP contribution in [0.4, 0.5) is 4.39 Å². The van der Waals surface area contributed by atoms with E-state index in [1.165, 1.54) is 20.2 Å². The van der Waals surface area contributed by atoms with Crippen molar-refractivity contribution in [3.05, 3.63) is 29.6 Å². The third-order valence-corrected chi connectivity index (χ3v) is 4.96. The number of hydrogen-bond donors (Lipinski definition) is 1. The first kappa shape index (κ1) is 17.6. The predicted molar refractivity (Wildman–Crippen MR) is 76.7 cm³/mol. The number of halogens is 1. The minimum atomic E-state index is -3.84. The van der Waals surface area contributed by atoms with E-state index in [-0.39, 0.29) is 23.1 Å². The van der Waals surface area contributed by atoms with E-state index in [2.05, 4.69) is 11.8 Å². The van der Waals surface area contributed by atoms with Gasteiger partial charge in [-0.2, -0.15) is 4.31 Å². The average Bonchev–Trinajstić information content (AvgIpc) is 2.44. The fourth-order valence-electron chi connectivity index (χ4n) is 1.70. The molecule has 0 fully saturated rings. The van der Waals surface area contributed by atoms with Gasteiger partial charge in [-0.3, -0.25) is 0 Å². The van der Waals surface area contributed by atoms with Crippen molar-refractivity contribution in [2.45, 2.75) is 17.9 Å². The number of nitrogens with zero attached hydrogens (tertiary/aromatic N) is 1. The second-order valence-corrected chi connectivity index (χ2v) is 6.39. The normalized spacial score (nSPS) is 12.9. The first-order valence-electron chi connectivity index (χ1n) is 6.20. The molecule has 5 nitrogen and oxygen atoms in total. The summed E-state index contributed by atoms with van der Waals surface area (Å²) >= 11 is 0. The summed E-state index contributed by atoms with van der Waals surface area (Å²) < 4.78 is 44.5. The van der Waals surface area contributed by atoms with Gasteiger partial charge in [0.2, 0.25) is 10.0 Å². The lowest BCUT2D eigenvalue weighted by atomic mass is 10.2. The highest BCUT2D eigenvalue weighted by molar-refractivity contribution is 7.89. The van der Waals surface area contributed by atoms with Crippen LogP contribution in [-0.2, 0) is 14.8 Å². The smallest absolute Gasteiger partial charge is 0.244 e. The van der Waals surface area contributed by atoms with E-state index < -0.39 is 22.4 Å². The molecule has 7 heteroatoms. The predicted octanol–water partition coefficient (Wildman–Crippen LogP) is 0.825. The maximum atomic E-state index is 13.3.